The maximum Gasteiger partial charge on any atom is 1.00 e. The van der Waals surface area contributed by atoms with Gasteiger partial charge in [0.2, 0.25) is 9.23 Å². The van der Waals surface area contributed by atoms with Crippen molar-refractivity contribution in [2.75, 3.05) is 48.9 Å². The number of aliphatic hydroxyl groups is 4. The van der Waals surface area contributed by atoms with E-state index in [0.29, 0.717) is 80.4 Å². The van der Waals surface area contributed by atoms with E-state index in [4.69, 9.17) is 45.4 Å². The van der Waals surface area contributed by atoms with E-state index in [1.807, 2.05) is 205 Å². The van der Waals surface area contributed by atoms with Crippen LogP contribution in [0.25, 0.3) is 26.8 Å². The van der Waals surface area contributed by atoms with Gasteiger partial charge in [-0.25, -0.2) is 27.9 Å². The number of hydrogen-bond donors (Lipinski definition) is 13. The van der Waals surface area contributed by atoms with Crippen molar-refractivity contribution in [3.8, 4) is 17.1 Å². The Labute approximate surface area is 752 Å². The van der Waals surface area contributed by atoms with Crippen LogP contribution in [0.3, 0.4) is 0 Å². The van der Waals surface area contributed by atoms with Crippen LogP contribution < -0.4 is 79.1 Å². The number of nitrogens with one attached hydrogen (secondary N) is 5. The van der Waals surface area contributed by atoms with Crippen LogP contribution in [0.1, 0.15) is 166 Å². The van der Waals surface area contributed by atoms with Gasteiger partial charge in [0.15, 0.2) is 11.4 Å². The summed E-state index contributed by atoms with van der Waals surface area (Å²) in [5.74, 6) is -0.885. The Morgan fingerprint density at radius 3 is 1.10 bits per heavy atom. The molecule has 0 aliphatic carbocycles. The number of carbonyl (C=O) groups excluding carboxylic acids is 3. The maximum absolute atomic E-state index is 13.4. The van der Waals surface area contributed by atoms with Gasteiger partial charge >= 0.3 is 29.6 Å². The van der Waals surface area contributed by atoms with Gasteiger partial charge in [0.05, 0.1) is 79.2 Å². The van der Waals surface area contributed by atoms with Gasteiger partial charge in [-0.1, -0.05) is 191 Å². The topological polar surface area (TPSA) is 376 Å². The first-order chi connectivity index (χ1) is 58.0. The van der Waals surface area contributed by atoms with Gasteiger partial charge in [-0.2, -0.15) is 15.3 Å². The molecule has 30 heteroatoms. The Morgan fingerprint density at radius 2 is 0.779 bits per heavy atom. The van der Waals surface area contributed by atoms with E-state index in [1.165, 1.54) is 11.1 Å². The van der Waals surface area contributed by atoms with Crippen LogP contribution in [0.4, 0.5) is 28.4 Å². The third-order valence-electron chi connectivity index (χ3n) is 18.7. The van der Waals surface area contributed by atoms with E-state index < -0.39 is 15.3 Å². The van der Waals surface area contributed by atoms with Crippen molar-refractivity contribution in [1.82, 2.24) is 40.0 Å². The van der Waals surface area contributed by atoms with Crippen LogP contribution in [0.5, 0.6) is 0 Å². The van der Waals surface area contributed by atoms with Crippen molar-refractivity contribution in [3.63, 3.8) is 0 Å². The Kier molecular flexibility index (Phi) is 45.7. The summed E-state index contributed by atoms with van der Waals surface area (Å²) >= 11 is 0. The minimum absolute atomic E-state index is 0. The monoisotopic (exact) mass is 1710 g/mol. The van der Waals surface area contributed by atoms with Crippen LogP contribution >= 0.6 is 21.4 Å². The summed E-state index contributed by atoms with van der Waals surface area (Å²) in [6.07, 6.45) is 5.08. The second-order valence-electron chi connectivity index (χ2n) is 27.7. The fourth-order valence-corrected chi connectivity index (χ4v) is 12.3. The van der Waals surface area contributed by atoms with E-state index >= 15 is 0 Å². The molecule has 0 aliphatic heterocycles. The molecule has 633 valence electrons. The number of benzene rings is 9. The summed E-state index contributed by atoms with van der Waals surface area (Å²) in [5.41, 5.74) is 36.3. The minimum Gasteiger partial charge on any atom is -1.00 e. The average Bonchev–Trinajstić information content (AvgIpc) is 1.67. The van der Waals surface area contributed by atoms with Crippen LogP contribution in [0.2, 0.25) is 0 Å². The number of anilines is 3. The van der Waals surface area contributed by atoms with Crippen LogP contribution in [0, 0.1) is 33.9 Å². The first kappa shape index (κ1) is 102. The predicted octanol–water partition coefficient (Wildman–Crippen LogP) is 12.4. The summed E-state index contributed by atoms with van der Waals surface area (Å²) in [5, 5.41) is 67.9. The molecule has 6 unspecified atom stereocenters. The van der Waals surface area contributed by atoms with E-state index in [0.717, 1.165) is 90.0 Å². The van der Waals surface area contributed by atoms with Gasteiger partial charge in [-0.05, 0) is 196 Å². The van der Waals surface area contributed by atoms with Gasteiger partial charge in [0.1, 0.15) is 23.2 Å². The Hall–Kier alpha value is -10.6. The molecule has 3 aromatic heterocycles. The van der Waals surface area contributed by atoms with E-state index in [2.05, 4.69) is 85.1 Å². The number of rotatable bonds is 30. The van der Waals surface area contributed by atoms with E-state index in [-0.39, 0.29) is 107 Å². The van der Waals surface area contributed by atoms with Gasteiger partial charge < -0.3 is 71.4 Å². The number of aryl methyl sites for hydroxylation is 3. The Morgan fingerprint density at radius 1 is 0.451 bits per heavy atom. The molecule has 0 aliphatic rings. The number of nitrogens with two attached hydrogens (primary N) is 4. The van der Waals surface area contributed by atoms with Crippen LogP contribution in [-0.4, -0.2) is 131 Å². The average molecular weight is 1720 g/mol. The standard InChI is InChI=1S/C29H29N5O2.C29H33N5O2.C25H20N4O2.C5H14N2.C4H11NO.B.Cl2OS.Na.H/c1-4-23(19-35)31-28(21-10-6-5-7-11-21)22-12-8-14-25(17-22)32-29(36)27-16-20(2)33-34(27)26-15-9-13-24(18-26)30-3;1-3-24(19-35)31-28(22-10-5-4-6-11-22)23-12-8-13-25(17-23)32-29(36)27-15-20(2)33-34(27)26-14-7-9-21(16-26)18-30;1-17-14-23(29(28-17)22-13-7-11-20(16-22)26-2)25(31)27-21-12-6-10-19(15-21)24(30)18-8-4-3-5-9-18;6-4-2-1-3-5-7;1-2-4(5)3-6;;1-4(2)3;;/h5-18,23,28,31,35H,4,19H2,1-2H3,(H,32,36);4-17,24,28,31,35H,3,18-19,30H2,1-2H3,(H,32,36);3-16,24,30H,1H3,(H,27,31);1-7H2;4,6H,2-3,5H2,1H3;;;;/q;;;;;;;+1;-1. The Balaban J connectivity index is 0.000000349. The zero-order valence-electron chi connectivity index (χ0n) is 70.7. The molecule has 122 heavy (non-hydrogen) atoms. The molecule has 0 saturated heterocycles. The molecule has 0 saturated carbocycles. The van der Waals surface area contributed by atoms with Crippen LogP contribution in [-0.2, 0) is 15.8 Å². The second-order valence-corrected chi connectivity index (χ2v) is 30.2. The molecule has 6 atom stereocenters. The number of halogens is 2. The molecule has 25 nitrogen and oxygen atoms in total. The second kappa shape index (κ2) is 54.7. The number of hydrogen-bond acceptors (Lipinski definition) is 17. The number of aliphatic hydroxyl groups excluding tert-OH is 4. The normalized spacial score (nSPS) is 11.9. The fraction of sp³-hybridized carbons (Fsp3) is 0.261. The van der Waals surface area contributed by atoms with Crippen LogP contribution in [0.15, 0.2) is 255 Å². The van der Waals surface area contributed by atoms with Gasteiger partial charge in [-0.15, -0.1) is 0 Å². The molecule has 3 amide bonds. The third-order valence-corrected chi connectivity index (χ3v) is 18.7. The zero-order chi connectivity index (χ0) is 86.9. The molecule has 0 fully saturated rings. The van der Waals surface area contributed by atoms with Gasteiger partial charge in [0, 0.05) is 71.5 Å². The molecule has 12 aromatic rings. The largest absolute Gasteiger partial charge is 1.00 e. The number of carbonyl (C=O) groups is 3. The quantitative estimate of drug-likeness (QED) is 0.00861. The maximum atomic E-state index is 13.4. The summed E-state index contributed by atoms with van der Waals surface area (Å²) in [4.78, 5) is 46.6. The molecular weight excluding hydrogens is 1610 g/mol. The number of aromatic nitrogens is 6. The predicted molar refractivity (Wildman–Crippen MR) is 488 cm³/mol. The molecule has 0 spiro atoms. The molecular formula is C92H108BCl2N17NaO8S. The summed E-state index contributed by atoms with van der Waals surface area (Å²) < 4.78 is 13.8. The molecule has 12 rings (SSSR count). The number of unbranched alkanes of at least 4 members (excludes halogenated alkanes) is 2. The van der Waals surface area contributed by atoms with Gasteiger partial charge in [-0.3, -0.25) is 14.4 Å². The van der Waals surface area contributed by atoms with E-state index in [1.54, 1.807) is 88.2 Å². The molecule has 3 radical (unpaired) electrons. The smallest absolute Gasteiger partial charge is 1.00 e. The summed E-state index contributed by atoms with van der Waals surface area (Å²) in [7, 11) is 7.36. The molecule has 9 aromatic carbocycles. The van der Waals surface area contributed by atoms with E-state index in [9.17, 15) is 29.7 Å². The van der Waals surface area contributed by atoms with Crippen molar-refractivity contribution >= 4 is 85.2 Å². The Bertz CT molecular complexity index is 5280. The van der Waals surface area contributed by atoms with Crippen molar-refractivity contribution in [2.24, 2.45) is 22.9 Å². The first-order valence-corrected chi connectivity index (χ1v) is 42.1. The zero-order valence-corrected chi connectivity index (χ0v) is 74.1. The van der Waals surface area contributed by atoms with Gasteiger partial charge in [0.25, 0.3) is 17.7 Å². The number of nitrogens with zero attached hydrogens (tertiary/aromatic N) is 8. The summed E-state index contributed by atoms with van der Waals surface area (Å²) in [6, 6.07) is 78.6. The van der Waals surface area contributed by atoms with Crippen molar-refractivity contribution in [1.29, 1.82) is 0 Å². The number of amides is 3. The fourth-order valence-electron chi connectivity index (χ4n) is 12.3. The van der Waals surface area contributed by atoms with Crippen molar-refractivity contribution in [2.45, 2.75) is 123 Å². The van der Waals surface area contributed by atoms with Crippen molar-refractivity contribution in [3.05, 3.63) is 351 Å². The minimum atomic E-state index is -1.67. The molecule has 3 heterocycles. The van der Waals surface area contributed by atoms with Crippen molar-refractivity contribution < 1.29 is 70.0 Å². The summed E-state index contributed by atoms with van der Waals surface area (Å²) in [6.45, 7) is 28.2. The molecule has 17 N–H and O–H groups in total. The molecule has 0 bridgehead atoms. The SMILES string of the molecule is CCC(CO)NC(c1ccccc1)c1cccc(NC(=O)c2cc(C)nn2-c2cccc(CN)c2)c1.CCC(N)CO.NCCCCCN.O=S(Cl)Cl.[B].[C-]#[N+]c1cccc(-n2nc(C)cc2C(=O)Nc2cccc(C(NC(CC)CO)c3ccccc3)c2)c1.[C-]#[N+]c1cccc(-n2nc(C)cc2C(=O)Nc2cccc(C(O)c3ccccc3)c2)c1.[H-].[Na+]. The third kappa shape index (κ3) is 32.3. The first-order valence-electron chi connectivity index (χ1n) is 39.3.